The summed E-state index contributed by atoms with van der Waals surface area (Å²) in [6.45, 7) is 1.85. The first-order valence-electron chi connectivity index (χ1n) is 10.2. The van der Waals surface area contributed by atoms with E-state index < -0.39 is 23.1 Å². The number of carbonyl (C=O) groups excluding carboxylic acids is 2. The molecule has 4 rings (SSSR count). The van der Waals surface area contributed by atoms with E-state index in [4.69, 9.17) is 4.74 Å². The van der Waals surface area contributed by atoms with Crippen LogP contribution in [0.2, 0.25) is 0 Å². The molecule has 168 valence electrons. The summed E-state index contributed by atoms with van der Waals surface area (Å²) in [5, 5.41) is 7.84. The van der Waals surface area contributed by atoms with Gasteiger partial charge in [0.1, 0.15) is 5.56 Å². The molecule has 0 atom stereocenters. The van der Waals surface area contributed by atoms with Gasteiger partial charge in [0.2, 0.25) is 5.91 Å². The average Bonchev–Trinajstić information content (AvgIpc) is 3.21. The van der Waals surface area contributed by atoms with Crippen molar-refractivity contribution in [3.63, 3.8) is 0 Å². The molecule has 0 aliphatic carbocycles. The number of fused-ring (bicyclic) bond motifs is 1. The number of benzene rings is 1. The van der Waals surface area contributed by atoms with Gasteiger partial charge in [0, 0.05) is 30.6 Å². The van der Waals surface area contributed by atoms with Crippen molar-refractivity contribution < 1.29 is 14.3 Å². The second-order valence-electron chi connectivity index (χ2n) is 7.00. The van der Waals surface area contributed by atoms with Gasteiger partial charge in [0.05, 0.1) is 18.3 Å². The lowest BCUT2D eigenvalue weighted by Gasteiger charge is -2.11. The Balaban J connectivity index is 1.63. The smallest absolute Gasteiger partial charge is 0.343 e. The van der Waals surface area contributed by atoms with Crippen LogP contribution in [0.25, 0.3) is 16.7 Å². The molecule has 0 saturated heterocycles. The van der Waals surface area contributed by atoms with Crippen molar-refractivity contribution in [1.29, 1.82) is 0 Å². The standard InChI is InChI=1S/C22H20N6O5/c1-2-33-21(31)15-13-23-28(17-8-7-14-5-3-4-6-16(14)24-17)20(15)25-18(29)9-11-27-12-10-19(30)26-22(27)32/h3-8,10,12-13H,2,9,11H2,1H3,(H,25,29)(H,26,30,32). The highest BCUT2D eigenvalue weighted by Crippen LogP contribution is 2.22. The molecule has 3 aromatic heterocycles. The summed E-state index contributed by atoms with van der Waals surface area (Å²) < 4.78 is 7.64. The highest BCUT2D eigenvalue weighted by molar-refractivity contribution is 6.00. The maximum atomic E-state index is 12.7. The van der Waals surface area contributed by atoms with Crippen molar-refractivity contribution in [1.82, 2.24) is 24.3 Å². The number of ether oxygens (including phenoxy) is 1. The SMILES string of the molecule is CCOC(=O)c1cnn(-c2ccc3ccccc3n2)c1NC(=O)CCn1ccc(=O)[nH]c1=O. The van der Waals surface area contributed by atoms with Gasteiger partial charge in [0.25, 0.3) is 5.56 Å². The number of hydrogen-bond donors (Lipinski definition) is 2. The van der Waals surface area contributed by atoms with Crippen LogP contribution >= 0.6 is 0 Å². The van der Waals surface area contributed by atoms with Gasteiger partial charge in [-0.25, -0.2) is 14.6 Å². The highest BCUT2D eigenvalue weighted by Gasteiger charge is 2.22. The number of rotatable bonds is 7. The first-order chi connectivity index (χ1) is 16.0. The van der Waals surface area contributed by atoms with Crippen LogP contribution in [0.3, 0.4) is 0 Å². The molecular formula is C22H20N6O5. The van der Waals surface area contributed by atoms with E-state index in [9.17, 15) is 19.2 Å². The Kier molecular flexibility index (Phi) is 6.11. The van der Waals surface area contributed by atoms with Crippen molar-refractivity contribution in [2.45, 2.75) is 19.9 Å². The Hall–Kier alpha value is -4.54. The highest BCUT2D eigenvalue weighted by atomic mass is 16.5. The molecule has 11 heteroatoms. The zero-order valence-corrected chi connectivity index (χ0v) is 17.6. The predicted molar refractivity (Wildman–Crippen MR) is 119 cm³/mol. The Morgan fingerprint density at radius 1 is 1.12 bits per heavy atom. The number of aromatic nitrogens is 5. The number of carbonyl (C=O) groups is 2. The Morgan fingerprint density at radius 3 is 2.73 bits per heavy atom. The number of pyridine rings is 1. The van der Waals surface area contributed by atoms with Crippen LogP contribution in [0, 0.1) is 0 Å². The summed E-state index contributed by atoms with van der Waals surface area (Å²) in [6, 6.07) is 12.3. The predicted octanol–water partition coefficient (Wildman–Crippen LogP) is 1.48. The molecule has 0 aliphatic heterocycles. The molecule has 0 unspecified atom stereocenters. The third-order valence-electron chi connectivity index (χ3n) is 4.80. The molecule has 0 fully saturated rings. The summed E-state index contributed by atoms with van der Waals surface area (Å²) in [6.07, 6.45) is 2.52. The molecule has 1 aromatic carbocycles. The Morgan fingerprint density at radius 2 is 1.94 bits per heavy atom. The fourth-order valence-electron chi connectivity index (χ4n) is 3.21. The first-order valence-corrected chi connectivity index (χ1v) is 10.2. The number of amides is 1. The molecule has 11 nitrogen and oxygen atoms in total. The number of aryl methyl sites for hydroxylation is 1. The van der Waals surface area contributed by atoms with E-state index in [0.29, 0.717) is 5.82 Å². The second kappa shape index (κ2) is 9.30. The fraction of sp³-hybridized carbons (Fsp3) is 0.182. The Bertz CT molecular complexity index is 1450. The van der Waals surface area contributed by atoms with Gasteiger partial charge in [-0.3, -0.25) is 14.6 Å². The summed E-state index contributed by atoms with van der Waals surface area (Å²) in [7, 11) is 0. The van der Waals surface area contributed by atoms with Crippen LogP contribution < -0.4 is 16.6 Å². The number of H-pyrrole nitrogens is 1. The monoisotopic (exact) mass is 448 g/mol. The number of nitrogens with zero attached hydrogens (tertiary/aromatic N) is 4. The van der Waals surface area contributed by atoms with Crippen LogP contribution in [0.15, 0.2) is 64.4 Å². The lowest BCUT2D eigenvalue weighted by Crippen LogP contribution is -2.30. The van der Waals surface area contributed by atoms with Crippen molar-refractivity contribution in [3.05, 3.63) is 81.3 Å². The minimum atomic E-state index is -0.642. The van der Waals surface area contributed by atoms with Gasteiger partial charge in [-0.2, -0.15) is 9.78 Å². The number of esters is 1. The molecular weight excluding hydrogens is 428 g/mol. The van der Waals surface area contributed by atoms with Crippen LogP contribution in [-0.2, 0) is 16.1 Å². The van der Waals surface area contributed by atoms with Crippen molar-refractivity contribution >= 4 is 28.6 Å². The minimum Gasteiger partial charge on any atom is -0.462 e. The molecule has 0 spiro atoms. The molecule has 0 saturated carbocycles. The maximum absolute atomic E-state index is 12.7. The quantitative estimate of drug-likeness (QED) is 0.408. The summed E-state index contributed by atoms with van der Waals surface area (Å²) >= 11 is 0. The van der Waals surface area contributed by atoms with Gasteiger partial charge in [-0.15, -0.1) is 0 Å². The van der Waals surface area contributed by atoms with Crippen LogP contribution in [0.5, 0.6) is 0 Å². The van der Waals surface area contributed by atoms with Gasteiger partial charge in [-0.1, -0.05) is 18.2 Å². The molecule has 0 bridgehead atoms. The fourth-order valence-corrected chi connectivity index (χ4v) is 3.21. The van der Waals surface area contributed by atoms with Crippen molar-refractivity contribution in [2.75, 3.05) is 11.9 Å². The third kappa shape index (κ3) is 4.71. The minimum absolute atomic E-state index is 0.0263. The normalized spacial score (nSPS) is 10.8. The number of anilines is 1. The van der Waals surface area contributed by atoms with E-state index in [2.05, 4.69) is 20.4 Å². The van der Waals surface area contributed by atoms with Crippen LogP contribution in [-0.4, -0.2) is 42.8 Å². The summed E-state index contributed by atoms with van der Waals surface area (Å²) in [4.78, 5) is 54.8. The van der Waals surface area contributed by atoms with E-state index in [0.717, 1.165) is 10.9 Å². The maximum Gasteiger partial charge on any atom is 0.343 e. The van der Waals surface area contributed by atoms with Gasteiger partial charge >= 0.3 is 11.7 Å². The molecule has 1 amide bonds. The van der Waals surface area contributed by atoms with Gasteiger partial charge in [0.15, 0.2) is 11.6 Å². The number of hydrogen-bond acceptors (Lipinski definition) is 7. The van der Waals surface area contributed by atoms with E-state index in [1.807, 2.05) is 30.3 Å². The lowest BCUT2D eigenvalue weighted by atomic mass is 10.2. The Labute approximate surface area is 186 Å². The zero-order chi connectivity index (χ0) is 23.4. The average molecular weight is 448 g/mol. The van der Waals surface area contributed by atoms with E-state index in [-0.39, 0.29) is 31.0 Å². The molecule has 4 aromatic rings. The second-order valence-corrected chi connectivity index (χ2v) is 7.00. The van der Waals surface area contributed by atoms with Crippen LogP contribution in [0.1, 0.15) is 23.7 Å². The third-order valence-corrected chi connectivity index (χ3v) is 4.80. The number of nitrogens with one attached hydrogen (secondary N) is 2. The molecule has 0 radical (unpaired) electrons. The van der Waals surface area contributed by atoms with Crippen molar-refractivity contribution in [2.24, 2.45) is 0 Å². The summed E-state index contributed by atoms with van der Waals surface area (Å²) in [5.41, 5.74) is -0.348. The molecule has 3 heterocycles. The lowest BCUT2D eigenvalue weighted by molar-refractivity contribution is -0.116. The van der Waals surface area contributed by atoms with Gasteiger partial charge in [-0.05, 0) is 25.1 Å². The topological polar surface area (TPSA) is 141 Å². The van der Waals surface area contributed by atoms with E-state index in [1.165, 1.54) is 27.7 Å². The van der Waals surface area contributed by atoms with Gasteiger partial charge < -0.3 is 14.6 Å². The number of para-hydroxylation sites is 1. The van der Waals surface area contributed by atoms with E-state index in [1.54, 1.807) is 13.0 Å². The zero-order valence-electron chi connectivity index (χ0n) is 17.6. The summed E-state index contributed by atoms with van der Waals surface area (Å²) in [5.74, 6) is -0.607. The molecule has 2 N–H and O–H groups in total. The van der Waals surface area contributed by atoms with Crippen LogP contribution in [0.4, 0.5) is 5.82 Å². The first kappa shape index (κ1) is 21.7. The number of aromatic amines is 1. The largest absolute Gasteiger partial charge is 0.462 e. The van der Waals surface area contributed by atoms with Crippen molar-refractivity contribution in [3.8, 4) is 5.82 Å². The van der Waals surface area contributed by atoms with E-state index >= 15 is 0 Å². The molecule has 33 heavy (non-hydrogen) atoms. The molecule has 0 aliphatic rings.